The highest BCUT2D eigenvalue weighted by molar-refractivity contribution is 6.07. The molecule has 166 valence electrons. The van der Waals surface area contributed by atoms with Crippen LogP contribution >= 0.6 is 0 Å². The maximum Gasteiger partial charge on any atom is 0.261 e. The second kappa shape index (κ2) is 8.02. The fraction of sp³-hybridized carbons (Fsp3) is 0.407. The van der Waals surface area contributed by atoms with Gasteiger partial charge in [0.25, 0.3) is 5.91 Å². The molecule has 0 bridgehead atoms. The van der Waals surface area contributed by atoms with Gasteiger partial charge in [-0.15, -0.1) is 0 Å². The van der Waals surface area contributed by atoms with Gasteiger partial charge in [-0.3, -0.25) is 9.69 Å². The minimum atomic E-state index is -1.06. The highest BCUT2D eigenvalue weighted by Gasteiger charge is 2.55. The largest absolute Gasteiger partial charge is 0.487 e. The monoisotopic (exact) mass is 429 g/mol. The van der Waals surface area contributed by atoms with Gasteiger partial charge in [0.15, 0.2) is 11.5 Å². The van der Waals surface area contributed by atoms with Crippen molar-refractivity contribution in [2.24, 2.45) is 16.6 Å². The van der Waals surface area contributed by atoms with Gasteiger partial charge in [0.05, 0.1) is 0 Å². The van der Waals surface area contributed by atoms with E-state index in [9.17, 15) is 4.79 Å². The van der Waals surface area contributed by atoms with E-state index in [1.54, 1.807) is 7.05 Å². The summed E-state index contributed by atoms with van der Waals surface area (Å²) in [7, 11) is 1.67. The van der Waals surface area contributed by atoms with Gasteiger partial charge in [-0.25, -0.2) is 4.99 Å². The molecular weight excluding hydrogens is 398 g/mol. The summed E-state index contributed by atoms with van der Waals surface area (Å²) in [6, 6.07) is 14.2. The van der Waals surface area contributed by atoms with E-state index in [1.165, 1.54) is 4.90 Å². The number of likely N-dealkylation sites (N-methyl/N-ethyl adjacent to an activating group) is 1. The summed E-state index contributed by atoms with van der Waals surface area (Å²) >= 11 is 0. The van der Waals surface area contributed by atoms with Crippen molar-refractivity contribution in [1.82, 2.24) is 4.90 Å². The SMILES string of the molecule is CC(C)CCC#Cc1cccc(-c2ccc3c(c2)C2(CC(C)(C)O3)N=C(N)N(C)C2=O)c1. The van der Waals surface area contributed by atoms with Crippen LogP contribution in [0.1, 0.15) is 58.1 Å². The molecule has 1 unspecified atom stereocenters. The number of aliphatic imine (C=N–C) groups is 1. The van der Waals surface area contributed by atoms with Crippen molar-refractivity contribution in [2.45, 2.75) is 58.1 Å². The van der Waals surface area contributed by atoms with Crippen LogP contribution in [-0.4, -0.2) is 29.4 Å². The highest BCUT2D eigenvalue weighted by Crippen LogP contribution is 2.49. The van der Waals surface area contributed by atoms with Gasteiger partial charge in [0.2, 0.25) is 0 Å². The third kappa shape index (κ3) is 3.98. The molecule has 2 aromatic rings. The summed E-state index contributed by atoms with van der Waals surface area (Å²) in [5.41, 5.74) is 8.25. The first-order chi connectivity index (χ1) is 15.1. The molecule has 0 aliphatic carbocycles. The first-order valence-corrected chi connectivity index (χ1v) is 11.2. The van der Waals surface area contributed by atoms with Crippen LogP contribution in [0.2, 0.25) is 0 Å². The van der Waals surface area contributed by atoms with E-state index in [0.717, 1.165) is 35.1 Å². The predicted octanol–water partition coefficient (Wildman–Crippen LogP) is 4.68. The Labute approximate surface area is 190 Å². The van der Waals surface area contributed by atoms with Crippen LogP contribution in [0.15, 0.2) is 47.5 Å². The smallest absolute Gasteiger partial charge is 0.261 e. The molecule has 1 spiro atoms. The van der Waals surface area contributed by atoms with Crippen LogP contribution in [0, 0.1) is 17.8 Å². The molecule has 2 aromatic carbocycles. The average molecular weight is 430 g/mol. The van der Waals surface area contributed by atoms with Gasteiger partial charge in [-0.1, -0.05) is 43.9 Å². The summed E-state index contributed by atoms with van der Waals surface area (Å²) in [5.74, 6) is 8.00. The van der Waals surface area contributed by atoms with Gasteiger partial charge >= 0.3 is 0 Å². The van der Waals surface area contributed by atoms with Crippen molar-refractivity contribution >= 4 is 11.9 Å². The molecule has 4 rings (SSSR count). The van der Waals surface area contributed by atoms with E-state index in [1.807, 2.05) is 44.2 Å². The average Bonchev–Trinajstić information content (AvgIpc) is 2.94. The zero-order valence-corrected chi connectivity index (χ0v) is 19.5. The van der Waals surface area contributed by atoms with Crippen molar-refractivity contribution in [2.75, 3.05) is 7.05 Å². The first kappa shape index (κ1) is 22.0. The van der Waals surface area contributed by atoms with E-state index in [-0.39, 0.29) is 11.9 Å². The Morgan fingerprint density at radius 3 is 2.62 bits per heavy atom. The third-order valence-corrected chi connectivity index (χ3v) is 6.08. The zero-order chi connectivity index (χ0) is 23.1. The maximum atomic E-state index is 13.3. The molecule has 0 saturated heterocycles. The van der Waals surface area contributed by atoms with E-state index in [4.69, 9.17) is 10.5 Å². The summed E-state index contributed by atoms with van der Waals surface area (Å²) in [6.07, 6.45) is 2.43. The number of benzene rings is 2. The fourth-order valence-corrected chi connectivity index (χ4v) is 4.46. The Morgan fingerprint density at radius 1 is 1.19 bits per heavy atom. The van der Waals surface area contributed by atoms with E-state index < -0.39 is 11.1 Å². The molecular formula is C27H31N3O2. The Morgan fingerprint density at radius 2 is 1.94 bits per heavy atom. The number of carbonyl (C=O) groups excluding carboxylic acids is 1. The number of fused-ring (bicyclic) bond motifs is 2. The summed E-state index contributed by atoms with van der Waals surface area (Å²) in [5, 5.41) is 0. The van der Waals surface area contributed by atoms with Crippen molar-refractivity contribution in [3.63, 3.8) is 0 Å². The minimum Gasteiger partial charge on any atom is -0.487 e. The number of ether oxygens (including phenoxy) is 1. The van der Waals surface area contributed by atoms with Crippen LogP contribution in [0.25, 0.3) is 11.1 Å². The Kier molecular flexibility index (Phi) is 5.50. The van der Waals surface area contributed by atoms with Crippen molar-refractivity contribution in [3.05, 3.63) is 53.6 Å². The quantitative estimate of drug-likeness (QED) is 0.720. The van der Waals surface area contributed by atoms with Crippen molar-refractivity contribution < 1.29 is 9.53 Å². The van der Waals surface area contributed by atoms with Crippen molar-refractivity contribution in [1.29, 1.82) is 0 Å². The number of amides is 1. The number of guanidine groups is 1. The Balaban J connectivity index is 1.74. The third-order valence-electron chi connectivity index (χ3n) is 6.08. The Hall–Kier alpha value is -3.26. The van der Waals surface area contributed by atoms with Crippen LogP contribution < -0.4 is 10.5 Å². The molecule has 2 N–H and O–H groups in total. The van der Waals surface area contributed by atoms with Crippen LogP contribution in [-0.2, 0) is 10.3 Å². The number of carbonyl (C=O) groups is 1. The normalized spacial score (nSPS) is 21.1. The van der Waals surface area contributed by atoms with Crippen LogP contribution in [0.4, 0.5) is 0 Å². The lowest BCUT2D eigenvalue weighted by molar-refractivity contribution is -0.133. The molecule has 5 heteroatoms. The molecule has 32 heavy (non-hydrogen) atoms. The lowest BCUT2D eigenvalue weighted by atomic mass is 9.77. The van der Waals surface area contributed by atoms with Crippen LogP contribution in [0.3, 0.4) is 0 Å². The molecule has 2 heterocycles. The molecule has 0 fully saturated rings. The number of rotatable bonds is 3. The molecule has 0 radical (unpaired) electrons. The van der Waals surface area contributed by atoms with Gasteiger partial charge in [0, 0.05) is 31.0 Å². The molecule has 1 amide bonds. The molecule has 0 aromatic heterocycles. The van der Waals surface area contributed by atoms with Crippen molar-refractivity contribution in [3.8, 4) is 28.7 Å². The summed E-state index contributed by atoms with van der Waals surface area (Å²) in [4.78, 5) is 19.4. The number of nitrogens with zero attached hydrogens (tertiary/aromatic N) is 2. The molecule has 5 nitrogen and oxygen atoms in total. The Bertz CT molecular complexity index is 1150. The number of hydrogen-bond donors (Lipinski definition) is 1. The predicted molar refractivity (Wildman–Crippen MR) is 128 cm³/mol. The molecule has 0 saturated carbocycles. The van der Waals surface area contributed by atoms with Crippen LogP contribution in [0.5, 0.6) is 5.75 Å². The first-order valence-electron chi connectivity index (χ1n) is 11.2. The highest BCUT2D eigenvalue weighted by atomic mass is 16.5. The summed E-state index contributed by atoms with van der Waals surface area (Å²) in [6.45, 7) is 8.37. The van der Waals surface area contributed by atoms with Gasteiger partial charge in [-0.2, -0.15) is 0 Å². The minimum absolute atomic E-state index is 0.116. The lowest BCUT2D eigenvalue weighted by Crippen LogP contribution is -2.49. The summed E-state index contributed by atoms with van der Waals surface area (Å²) < 4.78 is 6.22. The maximum absolute atomic E-state index is 13.3. The number of hydrogen-bond acceptors (Lipinski definition) is 4. The van der Waals surface area contributed by atoms with E-state index in [0.29, 0.717) is 18.1 Å². The number of nitrogens with two attached hydrogens (primary N) is 1. The van der Waals surface area contributed by atoms with Gasteiger partial charge in [-0.05, 0) is 61.6 Å². The standard InChI is InChI=1S/C27H31N3O2/c1-18(2)9-6-7-10-19-11-8-12-20(15-19)21-13-14-23-22(16-21)27(17-26(3,4)32-23)24(31)30(5)25(28)29-27/h8,11-16,18H,6,9,17H2,1-5H3,(H2,28,29). The van der Waals surface area contributed by atoms with E-state index >= 15 is 0 Å². The van der Waals surface area contributed by atoms with Gasteiger partial charge < -0.3 is 10.5 Å². The lowest BCUT2D eigenvalue weighted by Gasteiger charge is -2.41. The second-order valence-corrected chi connectivity index (χ2v) is 9.76. The fourth-order valence-electron chi connectivity index (χ4n) is 4.46. The second-order valence-electron chi connectivity index (χ2n) is 9.76. The molecule has 2 aliphatic rings. The molecule has 2 aliphatic heterocycles. The zero-order valence-electron chi connectivity index (χ0n) is 19.5. The van der Waals surface area contributed by atoms with Gasteiger partial charge in [0.1, 0.15) is 11.4 Å². The topological polar surface area (TPSA) is 67.9 Å². The van der Waals surface area contributed by atoms with E-state index in [2.05, 4.69) is 42.8 Å². The molecule has 1 atom stereocenters.